The molecule has 106 valence electrons. The number of rotatable bonds is 5. The van der Waals surface area contributed by atoms with Crippen LogP contribution in [0.4, 0.5) is 8.78 Å². The largest absolute Gasteiger partial charge is 0.496 e. The fourth-order valence-corrected chi connectivity index (χ4v) is 1.82. The SMILES string of the molecule is COc1ccc(CO)cc1COc1cc(F)cc(F)c1. The van der Waals surface area contributed by atoms with E-state index in [1.54, 1.807) is 18.2 Å². The van der Waals surface area contributed by atoms with Crippen molar-refractivity contribution in [1.29, 1.82) is 0 Å². The molecule has 0 aliphatic heterocycles. The average Bonchev–Trinajstić information content (AvgIpc) is 2.43. The van der Waals surface area contributed by atoms with Crippen molar-refractivity contribution in [3.8, 4) is 11.5 Å². The number of aliphatic hydroxyl groups excluding tert-OH is 1. The maximum absolute atomic E-state index is 13.0. The van der Waals surface area contributed by atoms with Crippen LogP contribution < -0.4 is 9.47 Å². The lowest BCUT2D eigenvalue weighted by Gasteiger charge is -2.11. The molecular formula is C15H14F2O3. The number of methoxy groups -OCH3 is 1. The van der Waals surface area contributed by atoms with Gasteiger partial charge in [0.25, 0.3) is 0 Å². The lowest BCUT2D eigenvalue weighted by atomic mass is 10.1. The number of hydrogen-bond donors (Lipinski definition) is 1. The Kier molecular flexibility index (Phi) is 4.53. The van der Waals surface area contributed by atoms with Crippen molar-refractivity contribution < 1.29 is 23.4 Å². The van der Waals surface area contributed by atoms with Crippen molar-refractivity contribution in [3.05, 3.63) is 59.2 Å². The highest BCUT2D eigenvalue weighted by Gasteiger charge is 2.07. The first-order valence-electron chi connectivity index (χ1n) is 5.98. The van der Waals surface area contributed by atoms with Gasteiger partial charge in [-0.3, -0.25) is 0 Å². The van der Waals surface area contributed by atoms with Crippen LogP contribution in [-0.4, -0.2) is 12.2 Å². The van der Waals surface area contributed by atoms with Crippen LogP contribution >= 0.6 is 0 Å². The summed E-state index contributed by atoms with van der Waals surface area (Å²) in [5, 5.41) is 9.10. The van der Waals surface area contributed by atoms with E-state index in [9.17, 15) is 8.78 Å². The van der Waals surface area contributed by atoms with Crippen LogP contribution in [-0.2, 0) is 13.2 Å². The summed E-state index contributed by atoms with van der Waals surface area (Å²) in [6, 6.07) is 8.13. The minimum Gasteiger partial charge on any atom is -0.496 e. The molecule has 20 heavy (non-hydrogen) atoms. The molecule has 0 radical (unpaired) electrons. The van der Waals surface area contributed by atoms with Gasteiger partial charge in [-0.1, -0.05) is 6.07 Å². The Morgan fingerprint density at radius 1 is 1.05 bits per heavy atom. The molecule has 2 rings (SSSR count). The Hall–Kier alpha value is -2.14. The third-order valence-corrected chi connectivity index (χ3v) is 2.76. The summed E-state index contributed by atoms with van der Waals surface area (Å²) in [5.41, 5.74) is 1.39. The van der Waals surface area contributed by atoms with Gasteiger partial charge in [-0.05, 0) is 17.7 Å². The average molecular weight is 280 g/mol. The summed E-state index contributed by atoms with van der Waals surface area (Å²) in [4.78, 5) is 0. The molecule has 2 aromatic carbocycles. The van der Waals surface area contributed by atoms with E-state index in [4.69, 9.17) is 14.6 Å². The maximum Gasteiger partial charge on any atom is 0.129 e. The number of aliphatic hydroxyl groups is 1. The standard InChI is InChI=1S/C15H14F2O3/c1-19-15-3-2-10(8-18)4-11(15)9-20-14-6-12(16)5-13(17)7-14/h2-7,18H,8-9H2,1H3. The molecule has 3 nitrogen and oxygen atoms in total. The molecular weight excluding hydrogens is 266 g/mol. The Labute approximate surface area is 115 Å². The normalized spacial score (nSPS) is 10.4. The quantitative estimate of drug-likeness (QED) is 0.915. The second-order valence-electron chi connectivity index (χ2n) is 4.20. The van der Waals surface area contributed by atoms with Gasteiger partial charge in [0.05, 0.1) is 13.7 Å². The maximum atomic E-state index is 13.0. The first kappa shape index (κ1) is 14.3. The van der Waals surface area contributed by atoms with Crippen molar-refractivity contribution in [1.82, 2.24) is 0 Å². The molecule has 0 heterocycles. The smallest absolute Gasteiger partial charge is 0.129 e. The number of ether oxygens (including phenoxy) is 2. The van der Waals surface area contributed by atoms with Gasteiger partial charge >= 0.3 is 0 Å². The van der Waals surface area contributed by atoms with E-state index in [0.717, 1.165) is 18.2 Å². The minimum atomic E-state index is -0.698. The van der Waals surface area contributed by atoms with Gasteiger partial charge in [-0.15, -0.1) is 0 Å². The van der Waals surface area contributed by atoms with Gasteiger partial charge in [-0.25, -0.2) is 8.78 Å². The van der Waals surface area contributed by atoms with Crippen LogP contribution in [0.5, 0.6) is 11.5 Å². The van der Waals surface area contributed by atoms with Crippen molar-refractivity contribution in [2.45, 2.75) is 13.2 Å². The van der Waals surface area contributed by atoms with Crippen LogP contribution in [0.2, 0.25) is 0 Å². The molecule has 0 saturated heterocycles. The Morgan fingerprint density at radius 2 is 1.75 bits per heavy atom. The number of benzene rings is 2. The predicted molar refractivity (Wildman–Crippen MR) is 69.6 cm³/mol. The van der Waals surface area contributed by atoms with E-state index in [1.807, 2.05) is 0 Å². The summed E-state index contributed by atoms with van der Waals surface area (Å²) >= 11 is 0. The summed E-state index contributed by atoms with van der Waals surface area (Å²) in [6.07, 6.45) is 0. The lowest BCUT2D eigenvalue weighted by Crippen LogP contribution is -2.00. The van der Waals surface area contributed by atoms with Crippen molar-refractivity contribution in [2.24, 2.45) is 0 Å². The fourth-order valence-electron chi connectivity index (χ4n) is 1.82. The van der Waals surface area contributed by atoms with Gasteiger partial charge < -0.3 is 14.6 Å². The van der Waals surface area contributed by atoms with E-state index in [-0.39, 0.29) is 19.0 Å². The zero-order valence-corrected chi connectivity index (χ0v) is 10.9. The molecule has 0 spiro atoms. The van der Waals surface area contributed by atoms with Crippen molar-refractivity contribution in [2.75, 3.05) is 7.11 Å². The Morgan fingerprint density at radius 3 is 2.35 bits per heavy atom. The highest BCUT2D eigenvalue weighted by molar-refractivity contribution is 5.37. The highest BCUT2D eigenvalue weighted by Crippen LogP contribution is 2.23. The predicted octanol–water partition coefficient (Wildman–Crippen LogP) is 3.04. The van der Waals surface area contributed by atoms with E-state index < -0.39 is 11.6 Å². The van der Waals surface area contributed by atoms with Gasteiger partial charge in [0.1, 0.15) is 29.7 Å². The van der Waals surface area contributed by atoms with Crippen LogP contribution in [0.25, 0.3) is 0 Å². The Bertz CT molecular complexity index is 579. The topological polar surface area (TPSA) is 38.7 Å². The van der Waals surface area contributed by atoms with Gasteiger partial charge in [0, 0.05) is 23.8 Å². The molecule has 0 bridgehead atoms. The highest BCUT2D eigenvalue weighted by atomic mass is 19.1. The minimum absolute atomic E-state index is 0.0832. The molecule has 0 unspecified atom stereocenters. The molecule has 0 fully saturated rings. The second-order valence-corrected chi connectivity index (χ2v) is 4.20. The first-order valence-corrected chi connectivity index (χ1v) is 5.98. The molecule has 0 aliphatic carbocycles. The van der Waals surface area contributed by atoms with Crippen LogP contribution in [0.15, 0.2) is 36.4 Å². The molecule has 0 amide bonds. The molecule has 2 aromatic rings. The molecule has 0 aliphatic rings. The fraction of sp³-hybridized carbons (Fsp3) is 0.200. The van der Waals surface area contributed by atoms with Crippen molar-refractivity contribution >= 4 is 0 Å². The summed E-state index contributed by atoms with van der Waals surface area (Å²) in [6.45, 7) is -0.0223. The van der Waals surface area contributed by atoms with Gasteiger partial charge in [0.2, 0.25) is 0 Å². The van der Waals surface area contributed by atoms with Crippen LogP contribution in [0, 0.1) is 11.6 Å². The Balaban J connectivity index is 2.17. The molecule has 1 N–H and O–H groups in total. The summed E-state index contributed by atoms with van der Waals surface area (Å²) in [5.74, 6) is -0.717. The van der Waals surface area contributed by atoms with E-state index >= 15 is 0 Å². The van der Waals surface area contributed by atoms with Gasteiger partial charge in [-0.2, -0.15) is 0 Å². The van der Waals surface area contributed by atoms with Crippen molar-refractivity contribution in [3.63, 3.8) is 0 Å². The van der Waals surface area contributed by atoms with Gasteiger partial charge in [0.15, 0.2) is 0 Å². The summed E-state index contributed by atoms with van der Waals surface area (Å²) < 4.78 is 36.6. The molecule has 0 atom stereocenters. The van der Waals surface area contributed by atoms with Crippen LogP contribution in [0.3, 0.4) is 0 Å². The molecule has 5 heteroatoms. The number of hydrogen-bond acceptors (Lipinski definition) is 3. The third-order valence-electron chi connectivity index (χ3n) is 2.76. The lowest BCUT2D eigenvalue weighted by molar-refractivity contribution is 0.278. The monoisotopic (exact) mass is 280 g/mol. The molecule has 0 saturated carbocycles. The van der Waals surface area contributed by atoms with Crippen LogP contribution in [0.1, 0.15) is 11.1 Å². The third kappa shape index (κ3) is 3.45. The van der Waals surface area contributed by atoms with E-state index in [2.05, 4.69) is 0 Å². The summed E-state index contributed by atoms with van der Waals surface area (Å²) in [7, 11) is 1.51. The number of halogens is 2. The first-order chi connectivity index (χ1) is 9.62. The zero-order valence-electron chi connectivity index (χ0n) is 10.9. The van der Waals surface area contributed by atoms with E-state index in [1.165, 1.54) is 7.11 Å². The van der Waals surface area contributed by atoms with E-state index in [0.29, 0.717) is 16.9 Å². The molecule has 0 aromatic heterocycles. The second kappa shape index (κ2) is 6.34. The zero-order chi connectivity index (χ0) is 14.5.